The van der Waals surface area contributed by atoms with Crippen LogP contribution in [0, 0.1) is 0 Å². The van der Waals surface area contributed by atoms with Crippen molar-refractivity contribution in [2.75, 3.05) is 13.6 Å². The van der Waals surface area contributed by atoms with Crippen molar-refractivity contribution >= 4 is 17.8 Å². The Kier molecular flexibility index (Phi) is 4.24. The number of aliphatic carboxylic acids is 1. The Bertz CT molecular complexity index is 304. The summed E-state index contributed by atoms with van der Waals surface area (Å²) in [5.74, 6) is -1.84. The molecule has 90 valence electrons. The van der Waals surface area contributed by atoms with Gasteiger partial charge in [0, 0.05) is 7.05 Å². The number of carbonyl (C=O) groups excluding carboxylic acids is 2. The molecule has 0 bridgehead atoms. The fourth-order valence-corrected chi connectivity index (χ4v) is 1.38. The van der Waals surface area contributed by atoms with Crippen LogP contribution in [0.2, 0.25) is 0 Å². The van der Waals surface area contributed by atoms with Crippen molar-refractivity contribution in [3.8, 4) is 0 Å². The van der Waals surface area contributed by atoms with Crippen molar-refractivity contribution in [1.82, 2.24) is 10.6 Å². The quantitative estimate of drug-likeness (QED) is 0.544. The van der Waals surface area contributed by atoms with Gasteiger partial charge in [0.25, 0.3) is 0 Å². The topological polar surface area (TPSA) is 105 Å². The van der Waals surface area contributed by atoms with E-state index in [0.29, 0.717) is 12.8 Å². The van der Waals surface area contributed by atoms with E-state index in [1.165, 1.54) is 7.05 Å². The molecule has 3 N–H and O–H groups in total. The molecule has 0 unspecified atom stereocenters. The molecule has 0 saturated carbocycles. The predicted octanol–water partition coefficient (Wildman–Crippen LogP) is -1.52. The molecule has 1 fully saturated rings. The van der Waals surface area contributed by atoms with Crippen LogP contribution < -0.4 is 10.6 Å². The number of carbonyl (C=O) groups is 3. The van der Waals surface area contributed by atoms with Crippen molar-refractivity contribution in [3.63, 3.8) is 0 Å². The Labute approximate surface area is 92.1 Å². The maximum atomic E-state index is 11.4. The van der Waals surface area contributed by atoms with Gasteiger partial charge in [-0.25, -0.2) is 4.79 Å². The van der Waals surface area contributed by atoms with Gasteiger partial charge in [0.15, 0.2) is 6.10 Å². The van der Waals surface area contributed by atoms with E-state index in [9.17, 15) is 14.4 Å². The van der Waals surface area contributed by atoms with Crippen LogP contribution in [0.5, 0.6) is 0 Å². The van der Waals surface area contributed by atoms with E-state index in [-0.39, 0.29) is 12.5 Å². The van der Waals surface area contributed by atoms with Gasteiger partial charge in [-0.2, -0.15) is 0 Å². The lowest BCUT2D eigenvalue weighted by Gasteiger charge is -2.11. The predicted molar refractivity (Wildman–Crippen MR) is 52.6 cm³/mol. The summed E-state index contributed by atoms with van der Waals surface area (Å²) in [6.45, 7) is -0.132. The fraction of sp³-hybridized carbons (Fsp3) is 0.667. The molecule has 2 amide bonds. The molecular formula is C9H14N2O5. The van der Waals surface area contributed by atoms with Crippen molar-refractivity contribution in [1.29, 1.82) is 0 Å². The SMILES string of the molecule is CNC(=O)CNC(=O)[C@@H]1CC[C@H](C(=O)O)O1. The van der Waals surface area contributed by atoms with Crippen LogP contribution >= 0.6 is 0 Å². The number of amides is 2. The van der Waals surface area contributed by atoms with Gasteiger partial charge in [0.2, 0.25) is 11.8 Å². The molecule has 1 aliphatic heterocycles. The number of hydrogen-bond donors (Lipinski definition) is 3. The summed E-state index contributed by atoms with van der Waals surface area (Å²) in [7, 11) is 1.46. The van der Waals surface area contributed by atoms with Gasteiger partial charge in [-0.05, 0) is 12.8 Å². The second-order valence-corrected chi connectivity index (χ2v) is 3.42. The smallest absolute Gasteiger partial charge is 0.332 e. The van der Waals surface area contributed by atoms with Gasteiger partial charge in [0.1, 0.15) is 6.10 Å². The average Bonchev–Trinajstić information content (AvgIpc) is 2.74. The summed E-state index contributed by atoms with van der Waals surface area (Å²) >= 11 is 0. The molecule has 1 aliphatic rings. The van der Waals surface area contributed by atoms with Crippen LogP contribution in [-0.4, -0.2) is 48.7 Å². The van der Waals surface area contributed by atoms with Crippen LogP contribution in [0.25, 0.3) is 0 Å². The molecule has 0 radical (unpaired) electrons. The fourth-order valence-electron chi connectivity index (χ4n) is 1.38. The second kappa shape index (κ2) is 5.45. The van der Waals surface area contributed by atoms with Crippen LogP contribution in [-0.2, 0) is 19.1 Å². The third kappa shape index (κ3) is 3.20. The minimum atomic E-state index is -1.07. The summed E-state index contributed by atoms with van der Waals surface area (Å²) in [5, 5.41) is 13.4. The minimum absolute atomic E-state index is 0.132. The number of carboxylic acid groups (broad SMARTS) is 1. The zero-order chi connectivity index (χ0) is 12.1. The molecule has 2 atom stereocenters. The molecule has 0 aromatic rings. The van der Waals surface area contributed by atoms with Crippen molar-refractivity contribution in [2.45, 2.75) is 25.0 Å². The van der Waals surface area contributed by atoms with Gasteiger partial charge < -0.3 is 20.5 Å². The van der Waals surface area contributed by atoms with E-state index >= 15 is 0 Å². The van der Waals surface area contributed by atoms with Gasteiger partial charge >= 0.3 is 5.97 Å². The molecule has 7 nitrogen and oxygen atoms in total. The number of hydrogen-bond acceptors (Lipinski definition) is 4. The van der Waals surface area contributed by atoms with Crippen LogP contribution in [0.4, 0.5) is 0 Å². The highest BCUT2D eigenvalue weighted by Crippen LogP contribution is 2.19. The van der Waals surface area contributed by atoms with E-state index in [2.05, 4.69) is 10.6 Å². The maximum Gasteiger partial charge on any atom is 0.332 e. The molecule has 0 spiro atoms. The first-order valence-electron chi connectivity index (χ1n) is 4.91. The van der Waals surface area contributed by atoms with Crippen molar-refractivity contribution in [2.24, 2.45) is 0 Å². The maximum absolute atomic E-state index is 11.4. The zero-order valence-corrected chi connectivity index (χ0v) is 8.86. The lowest BCUT2D eigenvalue weighted by atomic mass is 10.2. The van der Waals surface area contributed by atoms with Crippen LogP contribution in [0.3, 0.4) is 0 Å². The van der Waals surface area contributed by atoms with Gasteiger partial charge in [-0.15, -0.1) is 0 Å². The number of rotatable bonds is 4. The third-order valence-electron chi connectivity index (χ3n) is 2.29. The highest BCUT2D eigenvalue weighted by atomic mass is 16.5. The first-order chi connectivity index (χ1) is 7.54. The Morgan fingerprint density at radius 3 is 2.44 bits per heavy atom. The molecule has 0 aromatic heterocycles. The van der Waals surface area contributed by atoms with E-state index in [1.54, 1.807) is 0 Å². The standard InChI is InChI=1S/C9H14N2O5/c1-10-7(12)4-11-8(13)5-2-3-6(16-5)9(14)15/h5-6H,2-4H2,1H3,(H,10,12)(H,11,13)(H,14,15)/t5-,6+/m0/s1. The number of carboxylic acids is 1. The molecule has 1 heterocycles. The van der Waals surface area contributed by atoms with Crippen molar-refractivity contribution < 1.29 is 24.2 Å². The third-order valence-corrected chi connectivity index (χ3v) is 2.29. The summed E-state index contributed by atoms with van der Waals surface area (Å²) in [6, 6.07) is 0. The Morgan fingerprint density at radius 1 is 1.31 bits per heavy atom. The highest BCUT2D eigenvalue weighted by Gasteiger charge is 2.34. The first kappa shape index (κ1) is 12.4. The zero-order valence-electron chi connectivity index (χ0n) is 8.86. The average molecular weight is 230 g/mol. The lowest BCUT2D eigenvalue weighted by Crippen LogP contribution is -2.41. The lowest BCUT2D eigenvalue weighted by molar-refractivity contribution is -0.152. The monoisotopic (exact) mass is 230 g/mol. The molecule has 1 rings (SSSR count). The number of likely N-dealkylation sites (N-methyl/N-ethyl adjacent to an activating group) is 1. The van der Waals surface area contributed by atoms with Crippen molar-refractivity contribution in [3.05, 3.63) is 0 Å². The normalized spacial score (nSPS) is 23.8. The Morgan fingerprint density at radius 2 is 1.94 bits per heavy atom. The molecule has 16 heavy (non-hydrogen) atoms. The Balaban J connectivity index is 2.34. The molecule has 0 aromatic carbocycles. The number of ether oxygens (including phenoxy) is 1. The van der Waals surface area contributed by atoms with E-state index < -0.39 is 24.1 Å². The highest BCUT2D eigenvalue weighted by molar-refractivity contribution is 5.87. The minimum Gasteiger partial charge on any atom is -0.479 e. The summed E-state index contributed by atoms with van der Waals surface area (Å²) in [6.07, 6.45) is -1.02. The van der Waals surface area contributed by atoms with Crippen LogP contribution in [0.15, 0.2) is 0 Å². The van der Waals surface area contributed by atoms with E-state index in [1.807, 2.05) is 0 Å². The largest absolute Gasteiger partial charge is 0.479 e. The summed E-state index contributed by atoms with van der Waals surface area (Å²) in [4.78, 5) is 32.8. The summed E-state index contributed by atoms with van der Waals surface area (Å²) < 4.78 is 5.01. The molecule has 1 saturated heterocycles. The van der Waals surface area contributed by atoms with Gasteiger partial charge in [-0.3, -0.25) is 9.59 Å². The molecule has 0 aliphatic carbocycles. The molecule has 7 heteroatoms. The second-order valence-electron chi connectivity index (χ2n) is 3.42. The Hall–Kier alpha value is -1.63. The van der Waals surface area contributed by atoms with Gasteiger partial charge in [0.05, 0.1) is 6.54 Å². The molecular weight excluding hydrogens is 216 g/mol. The van der Waals surface area contributed by atoms with E-state index in [4.69, 9.17) is 9.84 Å². The van der Waals surface area contributed by atoms with E-state index in [0.717, 1.165) is 0 Å². The van der Waals surface area contributed by atoms with Crippen LogP contribution in [0.1, 0.15) is 12.8 Å². The summed E-state index contributed by atoms with van der Waals surface area (Å²) in [5.41, 5.74) is 0. The van der Waals surface area contributed by atoms with Gasteiger partial charge in [-0.1, -0.05) is 0 Å². The first-order valence-corrected chi connectivity index (χ1v) is 4.91. The number of nitrogens with one attached hydrogen (secondary N) is 2.